The third-order valence-electron chi connectivity index (χ3n) is 3.27. The SMILES string of the molecule is CCNc1nc(N(C)C)nc(N2CCn3cnnc3C2)n1. The first kappa shape index (κ1) is 13.5. The van der Waals surface area contributed by atoms with Gasteiger partial charge in [0.1, 0.15) is 6.33 Å². The first-order valence-corrected chi connectivity index (χ1v) is 6.96. The highest BCUT2D eigenvalue weighted by Crippen LogP contribution is 2.19. The predicted octanol–water partition coefficient (Wildman–Crippen LogP) is -0.0189. The Labute approximate surface area is 123 Å². The smallest absolute Gasteiger partial charge is 0.232 e. The summed E-state index contributed by atoms with van der Waals surface area (Å²) >= 11 is 0. The van der Waals surface area contributed by atoms with E-state index in [0.29, 0.717) is 24.4 Å². The van der Waals surface area contributed by atoms with Crippen LogP contribution in [0.15, 0.2) is 6.33 Å². The molecule has 0 bridgehead atoms. The average Bonchev–Trinajstić information content (AvgIpc) is 2.94. The fraction of sp³-hybridized carbons (Fsp3) is 0.583. The number of rotatable bonds is 4. The van der Waals surface area contributed by atoms with Crippen molar-refractivity contribution in [2.24, 2.45) is 0 Å². The lowest BCUT2D eigenvalue weighted by Gasteiger charge is -2.27. The van der Waals surface area contributed by atoms with Crippen molar-refractivity contribution in [2.75, 3.05) is 42.3 Å². The maximum absolute atomic E-state index is 4.53. The Morgan fingerprint density at radius 2 is 2.10 bits per heavy atom. The second-order valence-electron chi connectivity index (χ2n) is 5.05. The normalized spacial score (nSPS) is 14.0. The molecule has 0 atom stereocenters. The molecule has 0 amide bonds. The van der Waals surface area contributed by atoms with E-state index in [-0.39, 0.29) is 0 Å². The topological polar surface area (TPSA) is 87.9 Å². The van der Waals surface area contributed by atoms with E-state index in [4.69, 9.17) is 0 Å². The van der Waals surface area contributed by atoms with Gasteiger partial charge in [0.15, 0.2) is 5.82 Å². The molecular weight excluding hydrogens is 270 g/mol. The molecule has 1 N–H and O–H groups in total. The van der Waals surface area contributed by atoms with Crippen LogP contribution in [0.2, 0.25) is 0 Å². The minimum atomic E-state index is 0.596. The molecule has 112 valence electrons. The van der Waals surface area contributed by atoms with Crippen LogP contribution in [0.4, 0.5) is 17.8 Å². The zero-order valence-corrected chi connectivity index (χ0v) is 12.5. The molecule has 9 nitrogen and oxygen atoms in total. The highest BCUT2D eigenvalue weighted by atomic mass is 15.4. The Bertz CT molecular complexity index is 621. The molecule has 3 rings (SSSR count). The second-order valence-corrected chi connectivity index (χ2v) is 5.05. The van der Waals surface area contributed by atoms with Crippen molar-refractivity contribution in [3.05, 3.63) is 12.2 Å². The zero-order valence-electron chi connectivity index (χ0n) is 12.5. The average molecular weight is 289 g/mol. The maximum Gasteiger partial charge on any atom is 0.232 e. The third kappa shape index (κ3) is 2.71. The lowest BCUT2D eigenvalue weighted by Crippen LogP contribution is -2.35. The van der Waals surface area contributed by atoms with Crippen molar-refractivity contribution in [3.63, 3.8) is 0 Å². The van der Waals surface area contributed by atoms with E-state index in [2.05, 4.69) is 39.9 Å². The van der Waals surface area contributed by atoms with Crippen LogP contribution >= 0.6 is 0 Å². The molecule has 0 saturated heterocycles. The van der Waals surface area contributed by atoms with Crippen LogP contribution in [0.3, 0.4) is 0 Å². The number of hydrogen-bond donors (Lipinski definition) is 1. The van der Waals surface area contributed by atoms with E-state index in [0.717, 1.165) is 25.5 Å². The number of fused-ring (bicyclic) bond motifs is 1. The molecule has 0 fully saturated rings. The quantitative estimate of drug-likeness (QED) is 0.840. The van der Waals surface area contributed by atoms with Gasteiger partial charge in [0.2, 0.25) is 17.8 Å². The number of aromatic nitrogens is 6. The number of nitrogens with zero attached hydrogens (tertiary/aromatic N) is 8. The summed E-state index contributed by atoms with van der Waals surface area (Å²) in [6.45, 7) is 5.10. The first-order valence-electron chi connectivity index (χ1n) is 6.96. The van der Waals surface area contributed by atoms with Gasteiger partial charge >= 0.3 is 0 Å². The second kappa shape index (κ2) is 5.51. The Morgan fingerprint density at radius 1 is 1.24 bits per heavy atom. The van der Waals surface area contributed by atoms with Gasteiger partial charge in [-0.25, -0.2) is 0 Å². The van der Waals surface area contributed by atoms with Crippen LogP contribution in [-0.4, -0.2) is 56.9 Å². The molecule has 3 heterocycles. The standard InChI is InChI=1S/C12H19N9/c1-4-13-10-15-11(19(2)3)17-12(16-10)20-5-6-21-8-14-18-9(21)7-20/h8H,4-7H2,1-3H3,(H,13,15,16,17). The van der Waals surface area contributed by atoms with Crippen molar-refractivity contribution in [1.29, 1.82) is 0 Å². The minimum Gasteiger partial charge on any atom is -0.354 e. The van der Waals surface area contributed by atoms with Gasteiger partial charge in [0, 0.05) is 33.7 Å². The lowest BCUT2D eigenvalue weighted by molar-refractivity contribution is 0.551. The molecule has 9 heteroatoms. The van der Waals surface area contributed by atoms with Gasteiger partial charge in [-0.05, 0) is 6.92 Å². The molecular formula is C12H19N9. The number of nitrogens with one attached hydrogen (secondary N) is 1. The molecule has 0 saturated carbocycles. The van der Waals surface area contributed by atoms with Crippen LogP contribution in [0.1, 0.15) is 12.7 Å². The Balaban J connectivity index is 1.91. The van der Waals surface area contributed by atoms with Gasteiger partial charge in [0.25, 0.3) is 0 Å². The first-order chi connectivity index (χ1) is 10.2. The van der Waals surface area contributed by atoms with Crippen molar-refractivity contribution in [3.8, 4) is 0 Å². The fourth-order valence-electron chi connectivity index (χ4n) is 2.17. The summed E-state index contributed by atoms with van der Waals surface area (Å²) in [6, 6.07) is 0. The molecule has 2 aromatic heterocycles. The molecule has 0 aromatic carbocycles. The van der Waals surface area contributed by atoms with E-state index < -0.39 is 0 Å². The van der Waals surface area contributed by atoms with E-state index in [1.165, 1.54) is 0 Å². The van der Waals surface area contributed by atoms with Crippen molar-refractivity contribution in [1.82, 2.24) is 29.7 Å². The van der Waals surface area contributed by atoms with Gasteiger partial charge in [0.05, 0.1) is 6.54 Å². The van der Waals surface area contributed by atoms with Crippen molar-refractivity contribution < 1.29 is 0 Å². The number of hydrogen-bond acceptors (Lipinski definition) is 8. The van der Waals surface area contributed by atoms with Crippen molar-refractivity contribution >= 4 is 17.8 Å². The molecule has 0 unspecified atom stereocenters. The minimum absolute atomic E-state index is 0.596. The molecule has 1 aliphatic heterocycles. The van der Waals surface area contributed by atoms with Gasteiger partial charge in [-0.2, -0.15) is 15.0 Å². The van der Waals surface area contributed by atoms with E-state index in [1.54, 1.807) is 6.33 Å². The van der Waals surface area contributed by atoms with Crippen LogP contribution in [0.5, 0.6) is 0 Å². The molecule has 21 heavy (non-hydrogen) atoms. The highest BCUT2D eigenvalue weighted by Gasteiger charge is 2.21. The van der Waals surface area contributed by atoms with Gasteiger partial charge < -0.3 is 19.7 Å². The van der Waals surface area contributed by atoms with E-state index in [1.807, 2.05) is 25.9 Å². The van der Waals surface area contributed by atoms with Crippen LogP contribution in [0.25, 0.3) is 0 Å². The summed E-state index contributed by atoms with van der Waals surface area (Å²) in [5.41, 5.74) is 0. The summed E-state index contributed by atoms with van der Waals surface area (Å²) in [7, 11) is 3.84. The van der Waals surface area contributed by atoms with Gasteiger partial charge in [-0.15, -0.1) is 10.2 Å². The maximum atomic E-state index is 4.53. The van der Waals surface area contributed by atoms with Crippen LogP contribution in [0, 0.1) is 0 Å². The largest absolute Gasteiger partial charge is 0.354 e. The summed E-state index contributed by atoms with van der Waals surface area (Å²) in [5.74, 6) is 2.83. The van der Waals surface area contributed by atoms with Crippen LogP contribution in [-0.2, 0) is 13.1 Å². The van der Waals surface area contributed by atoms with Gasteiger partial charge in [-0.1, -0.05) is 0 Å². The van der Waals surface area contributed by atoms with Gasteiger partial charge in [-0.3, -0.25) is 0 Å². The summed E-state index contributed by atoms with van der Waals surface area (Å²) in [4.78, 5) is 17.4. The summed E-state index contributed by atoms with van der Waals surface area (Å²) < 4.78 is 2.05. The monoisotopic (exact) mass is 289 g/mol. The molecule has 1 aliphatic rings. The predicted molar refractivity (Wildman–Crippen MR) is 79.4 cm³/mol. The highest BCUT2D eigenvalue weighted by molar-refractivity contribution is 5.44. The Kier molecular flexibility index (Phi) is 3.55. The molecule has 2 aromatic rings. The molecule has 0 aliphatic carbocycles. The van der Waals surface area contributed by atoms with E-state index in [9.17, 15) is 0 Å². The molecule has 0 radical (unpaired) electrons. The lowest BCUT2D eigenvalue weighted by atomic mass is 10.4. The molecule has 0 spiro atoms. The fourth-order valence-corrected chi connectivity index (χ4v) is 2.17. The Hall–Kier alpha value is -2.45. The third-order valence-corrected chi connectivity index (χ3v) is 3.27. The van der Waals surface area contributed by atoms with Crippen molar-refractivity contribution in [2.45, 2.75) is 20.0 Å². The zero-order chi connectivity index (χ0) is 14.8. The van der Waals surface area contributed by atoms with E-state index >= 15 is 0 Å². The van der Waals surface area contributed by atoms with Crippen LogP contribution < -0.4 is 15.1 Å². The number of anilines is 3. The summed E-state index contributed by atoms with van der Waals surface area (Å²) in [6.07, 6.45) is 1.76. The Morgan fingerprint density at radius 3 is 2.86 bits per heavy atom. The summed E-state index contributed by atoms with van der Waals surface area (Å²) in [5, 5.41) is 11.2.